The summed E-state index contributed by atoms with van der Waals surface area (Å²) in [5.41, 5.74) is 0. The SMILES string of the molecule is CN(C)c1nccnc1NCCN1CCCCC1=O. The molecular formula is C13H21N5O. The molecule has 1 fully saturated rings. The van der Waals surface area contributed by atoms with Crippen LogP contribution in [0.15, 0.2) is 12.4 Å². The Labute approximate surface area is 113 Å². The number of amides is 1. The molecule has 2 rings (SSSR count). The molecule has 1 aromatic heterocycles. The Kier molecular flexibility index (Phi) is 4.54. The Morgan fingerprint density at radius 3 is 2.84 bits per heavy atom. The van der Waals surface area contributed by atoms with Crippen molar-refractivity contribution in [3.05, 3.63) is 12.4 Å². The van der Waals surface area contributed by atoms with Gasteiger partial charge in [0, 0.05) is 52.5 Å². The Morgan fingerprint density at radius 2 is 2.11 bits per heavy atom. The smallest absolute Gasteiger partial charge is 0.222 e. The fraction of sp³-hybridized carbons (Fsp3) is 0.615. The van der Waals surface area contributed by atoms with Gasteiger partial charge in [-0.15, -0.1) is 0 Å². The predicted molar refractivity (Wildman–Crippen MR) is 75.3 cm³/mol. The number of hydrogen-bond acceptors (Lipinski definition) is 5. The highest BCUT2D eigenvalue weighted by Crippen LogP contribution is 2.17. The largest absolute Gasteiger partial charge is 0.365 e. The van der Waals surface area contributed by atoms with Gasteiger partial charge in [-0.05, 0) is 12.8 Å². The van der Waals surface area contributed by atoms with Gasteiger partial charge in [0.15, 0.2) is 11.6 Å². The number of carbonyl (C=O) groups is 1. The Balaban J connectivity index is 1.87. The van der Waals surface area contributed by atoms with Crippen LogP contribution in [0.5, 0.6) is 0 Å². The van der Waals surface area contributed by atoms with Gasteiger partial charge in [-0.1, -0.05) is 0 Å². The molecule has 0 spiro atoms. The standard InChI is InChI=1S/C13H21N5O/c1-17(2)13-12(14-6-7-16-13)15-8-10-18-9-4-3-5-11(18)19/h6-7H,3-5,8-10H2,1-2H3,(H,14,15). The van der Waals surface area contributed by atoms with Gasteiger partial charge in [-0.3, -0.25) is 4.79 Å². The van der Waals surface area contributed by atoms with E-state index in [4.69, 9.17) is 0 Å². The van der Waals surface area contributed by atoms with Gasteiger partial charge < -0.3 is 15.1 Å². The van der Waals surface area contributed by atoms with Gasteiger partial charge in [0.25, 0.3) is 0 Å². The van der Waals surface area contributed by atoms with E-state index in [9.17, 15) is 4.79 Å². The summed E-state index contributed by atoms with van der Waals surface area (Å²) < 4.78 is 0. The van der Waals surface area contributed by atoms with Gasteiger partial charge in [0.1, 0.15) is 0 Å². The molecule has 0 aliphatic carbocycles. The summed E-state index contributed by atoms with van der Waals surface area (Å²) in [7, 11) is 3.87. The van der Waals surface area contributed by atoms with E-state index < -0.39 is 0 Å². The molecule has 0 unspecified atom stereocenters. The highest BCUT2D eigenvalue weighted by molar-refractivity contribution is 5.76. The van der Waals surface area contributed by atoms with Crippen molar-refractivity contribution in [2.75, 3.05) is 43.9 Å². The Morgan fingerprint density at radius 1 is 1.32 bits per heavy atom. The molecule has 1 aliphatic heterocycles. The molecule has 0 atom stereocenters. The number of nitrogens with one attached hydrogen (secondary N) is 1. The molecule has 19 heavy (non-hydrogen) atoms. The van der Waals surface area contributed by atoms with Crippen molar-refractivity contribution in [2.45, 2.75) is 19.3 Å². The molecule has 0 bridgehead atoms. The van der Waals surface area contributed by atoms with Crippen molar-refractivity contribution in [2.24, 2.45) is 0 Å². The second kappa shape index (κ2) is 6.36. The highest BCUT2D eigenvalue weighted by atomic mass is 16.2. The minimum Gasteiger partial charge on any atom is -0.365 e. The number of hydrogen-bond donors (Lipinski definition) is 1. The van der Waals surface area contributed by atoms with Crippen LogP contribution in [0, 0.1) is 0 Å². The molecule has 104 valence electrons. The summed E-state index contributed by atoms with van der Waals surface area (Å²) in [4.78, 5) is 24.1. The molecule has 1 amide bonds. The average Bonchev–Trinajstić information content (AvgIpc) is 2.41. The van der Waals surface area contributed by atoms with Crippen LogP contribution in [0.3, 0.4) is 0 Å². The minimum atomic E-state index is 0.264. The third kappa shape index (κ3) is 3.56. The van der Waals surface area contributed by atoms with Gasteiger partial charge in [-0.2, -0.15) is 0 Å². The van der Waals surface area contributed by atoms with Crippen LogP contribution < -0.4 is 10.2 Å². The number of likely N-dealkylation sites (tertiary alicyclic amines) is 1. The topological polar surface area (TPSA) is 61.4 Å². The van der Waals surface area contributed by atoms with E-state index in [0.29, 0.717) is 13.0 Å². The van der Waals surface area contributed by atoms with E-state index in [1.807, 2.05) is 23.9 Å². The fourth-order valence-electron chi connectivity index (χ4n) is 2.19. The van der Waals surface area contributed by atoms with Crippen molar-refractivity contribution in [1.29, 1.82) is 0 Å². The molecule has 1 saturated heterocycles. The molecule has 6 heteroatoms. The zero-order chi connectivity index (χ0) is 13.7. The van der Waals surface area contributed by atoms with E-state index >= 15 is 0 Å². The average molecular weight is 263 g/mol. The summed E-state index contributed by atoms with van der Waals surface area (Å²) in [5, 5.41) is 3.25. The van der Waals surface area contributed by atoms with Crippen molar-refractivity contribution >= 4 is 17.5 Å². The van der Waals surface area contributed by atoms with Crippen LogP contribution in [0.25, 0.3) is 0 Å². The molecular weight excluding hydrogens is 242 g/mol. The minimum absolute atomic E-state index is 0.264. The molecule has 1 aliphatic rings. The van der Waals surface area contributed by atoms with Crippen molar-refractivity contribution in [3.8, 4) is 0 Å². The zero-order valence-electron chi connectivity index (χ0n) is 11.6. The molecule has 1 aromatic rings. The van der Waals surface area contributed by atoms with Gasteiger partial charge >= 0.3 is 0 Å². The third-order valence-electron chi connectivity index (χ3n) is 3.20. The molecule has 0 radical (unpaired) electrons. The van der Waals surface area contributed by atoms with Gasteiger partial charge in [0.2, 0.25) is 5.91 Å². The van der Waals surface area contributed by atoms with E-state index in [1.54, 1.807) is 12.4 Å². The number of carbonyl (C=O) groups excluding carboxylic acids is 1. The maximum absolute atomic E-state index is 11.7. The Bertz CT molecular complexity index is 435. The van der Waals surface area contributed by atoms with Crippen LogP contribution in [-0.2, 0) is 4.79 Å². The summed E-state index contributed by atoms with van der Waals surface area (Å²) >= 11 is 0. The van der Waals surface area contributed by atoms with Gasteiger partial charge in [0.05, 0.1) is 0 Å². The molecule has 2 heterocycles. The molecule has 0 saturated carbocycles. The first-order valence-electron chi connectivity index (χ1n) is 6.68. The normalized spacial score (nSPS) is 15.5. The van der Waals surface area contributed by atoms with E-state index in [1.165, 1.54) is 0 Å². The lowest BCUT2D eigenvalue weighted by Gasteiger charge is -2.27. The maximum Gasteiger partial charge on any atom is 0.222 e. The van der Waals surface area contributed by atoms with Gasteiger partial charge in [-0.25, -0.2) is 9.97 Å². The van der Waals surface area contributed by atoms with Crippen LogP contribution in [0.2, 0.25) is 0 Å². The third-order valence-corrected chi connectivity index (χ3v) is 3.20. The molecule has 0 aromatic carbocycles. The zero-order valence-corrected chi connectivity index (χ0v) is 11.6. The number of aromatic nitrogens is 2. The number of rotatable bonds is 5. The van der Waals surface area contributed by atoms with E-state index in [0.717, 1.165) is 37.6 Å². The lowest BCUT2D eigenvalue weighted by Crippen LogP contribution is -2.38. The fourth-order valence-corrected chi connectivity index (χ4v) is 2.19. The number of nitrogens with zero attached hydrogens (tertiary/aromatic N) is 4. The van der Waals surface area contributed by atoms with Crippen LogP contribution in [0.1, 0.15) is 19.3 Å². The first-order valence-corrected chi connectivity index (χ1v) is 6.68. The number of piperidine rings is 1. The summed E-state index contributed by atoms with van der Waals surface area (Å²) in [6.45, 7) is 2.30. The van der Waals surface area contributed by atoms with E-state index in [2.05, 4.69) is 15.3 Å². The summed E-state index contributed by atoms with van der Waals surface area (Å²) in [6, 6.07) is 0. The highest BCUT2D eigenvalue weighted by Gasteiger charge is 2.17. The van der Waals surface area contributed by atoms with Crippen molar-refractivity contribution in [1.82, 2.24) is 14.9 Å². The molecule has 6 nitrogen and oxygen atoms in total. The first kappa shape index (κ1) is 13.6. The van der Waals surface area contributed by atoms with E-state index in [-0.39, 0.29) is 5.91 Å². The van der Waals surface area contributed by atoms with Crippen LogP contribution in [0.4, 0.5) is 11.6 Å². The van der Waals surface area contributed by atoms with Crippen LogP contribution in [-0.4, -0.2) is 54.5 Å². The lowest BCUT2D eigenvalue weighted by molar-refractivity contribution is -0.133. The summed E-state index contributed by atoms with van der Waals surface area (Å²) in [6.07, 6.45) is 6.17. The van der Waals surface area contributed by atoms with Crippen molar-refractivity contribution in [3.63, 3.8) is 0 Å². The van der Waals surface area contributed by atoms with Crippen molar-refractivity contribution < 1.29 is 4.79 Å². The second-order valence-electron chi connectivity index (χ2n) is 4.89. The first-order chi connectivity index (χ1) is 9.18. The predicted octanol–water partition coefficient (Wildman–Crippen LogP) is 0.967. The monoisotopic (exact) mass is 263 g/mol. The number of anilines is 2. The summed E-state index contributed by atoms with van der Waals surface area (Å²) in [5.74, 6) is 1.84. The second-order valence-corrected chi connectivity index (χ2v) is 4.89. The van der Waals surface area contributed by atoms with Crippen LogP contribution >= 0.6 is 0 Å². The lowest BCUT2D eigenvalue weighted by atomic mass is 10.1. The maximum atomic E-state index is 11.7. The molecule has 1 N–H and O–H groups in total. The quantitative estimate of drug-likeness (QED) is 0.857. The Hall–Kier alpha value is -1.85.